The summed E-state index contributed by atoms with van der Waals surface area (Å²) in [5.74, 6) is -0.631. The highest BCUT2D eigenvalue weighted by molar-refractivity contribution is 6.06. The van der Waals surface area contributed by atoms with Crippen molar-refractivity contribution in [2.24, 2.45) is 5.73 Å². The number of amides is 3. The first-order valence-corrected chi connectivity index (χ1v) is 6.94. The maximum absolute atomic E-state index is 12.1. The molecule has 0 bridgehead atoms. The molecule has 2 aromatic rings. The molecule has 116 valence electrons. The molecule has 0 aliphatic heterocycles. The summed E-state index contributed by atoms with van der Waals surface area (Å²) in [5, 5.41) is 9.60. The zero-order valence-electron chi connectivity index (χ0n) is 12.8. The van der Waals surface area contributed by atoms with Gasteiger partial charge in [-0.25, -0.2) is 4.79 Å². The van der Waals surface area contributed by atoms with Crippen molar-refractivity contribution in [2.75, 3.05) is 10.6 Å². The maximum Gasteiger partial charge on any atom is 0.323 e. The third kappa shape index (κ3) is 3.08. The van der Waals surface area contributed by atoms with Gasteiger partial charge in [0.05, 0.1) is 11.4 Å². The van der Waals surface area contributed by atoms with Crippen LogP contribution in [0.15, 0.2) is 24.3 Å². The van der Waals surface area contributed by atoms with Gasteiger partial charge in [-0.05, 0) is 32.4 Å². The van der Waals surface area contributed by atoms with Crippen LogP contribution in [0.25, 0.3) is 0 Å². The number of hydrogen-bond donors (Lipinski definition) is 3. The van der Waals surface area contributed by atoms with Crippen molar-refractivity contribution in [3.8, 4) is 0 Å². The second-order valence-corrected chi connectivity index (χ2v) is 4.88. The Kier molecular flexibility index (Phi) is 4.45. The Hall–Kier alpha value is -2.83. The highest BCUT2D eigenvalue weighted by Gasteiger charge is 2.20. The highest BCUT2D eigenvalue weighted by atomic mass is 16.2. The lowest BCUT2D eigenvalue weighted by Gasteiger charge is -2.10. The van der Waals surface area contributed by atoms with Crippen LogP contribution in [0.1, 0.15) is 28.7 Å². The molecule has 4 N–H and O–H groups in total. The fourth-order valence-corrected chi connectivity index (χ4v) is 2.19. The van der Waals surface area contributed by atoms with E-state index in [2.05, 4.69) is 15.7 Å². The predicted molar refractivity (Wildman–Crippen MR) is 85.0 cm³/mol. The molecule has 1 heterocycles. The van der Waals surface area contributed by atoms with E-state index in [1.807, 2.05) is 32.0 Å². The predicted octanol–water partition coefficient (Wildman–Crippen LogP) is 2.26. The number of aromatic nitrogens is 2. The monoisotopic (exact) mass is 301 g/mol. The van der Waals surface area contributed by atoms with Gasteiger partial charge in [0.25, 0.3) is 5.91 Å². The third-order valence-electron chi connectivity index (χ3n) is 3.29. The Balaban J connectivity index is 2.24. The van der Waals surface area contributed by atoms with Gasteiger partial charge in [-0.1, -0.05) is 18.2 Å². The number of nitrogens with one attached hydrogen (secondary N) is 2. The van der Waals surface area contributed by atoms with Crippen molar-refractivity contribution in [2.45, 2.75) is 27.3 Å². The van der Waals surface area contributed by atoms with E-state index < -0.39 is 11.9 Å². The number of hydrogen-bond acceptors (Lipinski definition) is 3. The van der Waals surface area contributed by atoms with Gasteiger partial charge < -0.3 is 16.4 Å². The molecular weight excluding hydrogens is 282 g/mol. The Morgan fingerprint density at radius 2 is 1.91 bits per heavy atom. The summed E-state index contributed by atoms with van der Waals surface area (Å²) in [6.45, 7) is 5.93. The lowest BCUT2D eigenvalue weighted by atomic mass is 10.2. The molecule has 2 rings (SSSR count). The van der Waals surface area contributed by atoms with Crippen molar-refractivity contribution in [1.29, 1.82) is 0 Å². The van der Waals surface area contributed by atoms with Crippen LogP contribution in [0.2, 0.25) is 0 Å². The number of aryl methyl sites for hydroxylation is 3. The second kappa shape index (κ2) is 6.30. The number of carbonyl (C=O) groups excluding carboxylic acids is 2. The number of urea groups is 1. The van der Waals surface area contributed by atoms with E-state index in [1.165, 1.54) is 4.68 Å². The molecule has 0 aliphatic rings. The molecule has 0 aliphatic carbocycles. The summed E-state index contributed by atoms with van der Waals surface area (Å²) in [4.78, 5) is 23.7. The number of rotatable bonds is 4. The van der Waals surface area contributed by atoms with Crippen molar-refractivity contribution in [3.05, 3.63) is 41.2 Å². The van der Waals surface area contributed by atoms with E-state index in [1.54, 1.807) is 13.0 Å². The molecule has 0 unspecified atom stereocenters. The summed E-state index contributed by atoms with van der Waals surface area (Å²) < 4.78 is 1.47. The summed E-state index contributed by atoms with van der Waals surface area (Å²) in [6, 6.07) is 6.96. The Bertz CT molecular complexity index is 721. The standard InChI is InChI=1S/C15H19N5O2/c1-4-20-13(14(16)21)12(10(3)19-20)18-15(22)17-11-8-6-5-7-9(11)2/h5-8H,4H2,1-3H3,(H2,16,21)(H2,17,18,22). The summed E-state index contributed by atoms with van der Waals surface area (Å²) in [5.41, 5.74) is 8.09. The van der Waals surface area contributed by atoms with Crippen LogP contribution in [0.4, 0.5) is 16.2 Å². The van der Waals surface area contributed by atoms with Gasteiger partial charge in [-0.15, -0.1) is 0 Å². The van der Waals surface area contributed by atoms with Crippen molar-refractivity contribution in [3.63, 3.8) is 0 Å². The number of benzene rings is 1. The topological polar surface area (TPSA) is 102 Å². The van der Waals surface area contributed by atoms with E-state index in [-0.39, 0.29) is 5.69 Å². The Morgan fingerprint density at radius 3 is 2.50 bits per heavy atom. The number of carbonyl (C=O) groups is 2. The molecule has 0 atom stereocenters. The van der Waals surface area contributed by atoms with Crippen LogP contribution in [0, 0.1) is 13.8 Å². The average molecular weight is 301 g/mol. The lowest BCUT2D eigenvalue weighted by Crippen LogP contribution is -2.24. The van der Waals surface area contributed by atoms with Crippen LogP contribution >= 0.6 is 0 Å². The van der Waals surface area contributed by atoms with Crippen LogP contribution in [0.3, 0.4) is 0 Å². The van der Waals surface area contributed by atoms with Crippen LogP contribution in [-0.2, 0) is 6.54 Å². The summed E-state index contributed by atoms with van der Waals surface area (Å²) in [6.07, 6.45) is 0. The minimum Gasteiger partial charge on any atom is -0.364 e. The smallest absolute Gasteiger partial charge is 0.323 e. The van der Waals surface area contributed by atoms with E-state index in [9.17, 15) is 9.59 Å². The summed E-state index contributed by atoms with van der Waals surface area (Å²) in [7, 11) is 0. The molecule has 22 heavy (non-hydrogen) atoms. The SMILES string of the molecule is CCn1nc(C)c(NC(=O)Nc2ccccc2C)c1C(N)=O. The third-order valence-corrected chi connectivity index (χ3v) is 3.29. The molecule has 3 amide bonds. The normalized spacial score (nSPS) is 10.3. The zero-order chi connectivity index (χ0) is 16.3. The van der Waals surface area contributed by atoms with Gasteiger partial charge in [-0.3, -0.25) is 9.48 Å². The van der Waals surface area contributed by atoms with E-state index in [0.717, 1.165) is 5.56 Å². The van der Waals surface area contributed by atoms with Crippen LogP contribution < -0.4 is 16.4 Å². The van der Waals surface area contributed by atoms with Gasteiger partial charge in [0, 0.05) is 12.2 Å². The van der Waals surface area contributed by atoms with Gasteiger partial charge in [0.1, 0.15) is 5.69 Å². The number of primary amides is 1. The van der Waals surface area contributed by atoms with E-state index in [4.69, 9.17) is 5.73 Å². The fourth-order valence-electron chi connectivity index (χ4n) is 2.19. The van der Waals surface area contributed by atoms with Gasteiger partial charge in [0.15, 0.2) is 0 Å². The van der Waals surface area contributed by atoms with E-state index >= 15 is 0 Å². The lowest BCUT2D eigenvalue weighted by molar-refractivity contribution is 0.0991. The number of nitrogens with two attached hydrogens (primary N) is 1. The van der Waals surface area contributed by atoms with Crippen molar-refractivity contribution in [1.82, 2.24) is 9.78 Å². The number of anilines is 2. The molecule has 0 saturated carbocycles. The molecule has 7 nitrogen and oxygen atoms in total. The minimum atomic E-state index is -0.631. The number of nitrogens with zero attached hydrogens (tertiary/aromatic N) is 2. The van der Waals surface area contributed by atoms with Crippen LogP contribution in [0.5, 0.6) is 0 Å². The molecule has 0 radical (unpaired) electrons. The zero-order valence-corrected chi connectivity index (χ0v) is 12.8. The van der Waals surface area contributed by atoms with Crippen LogP contribution in [-0.4, -0.2) is 21.7 Å². The molecule has 0 fully saturated rings. The first kappa shape index (κ1) is 15.6. The minimum absolute atomic E-state index is 0.194. The molecule has 1 aromatic heterocycles. The first-order valence-electron chi connectivity index (χ1n) is 6.94. The summed E-state index contributed by atoms with van der Waals surface area (Å²) >= 11 is 0. The number of para-hydroxylation sites is 1. The molecule has 0 spiro atoms. The Morgan fingerprint density at radius 1 is 1.23 bits per heavy atom. The quantitative estimate of drug-likeness (QED) is 0.807. The molecule has 0 saturated heterocycles. The van der Waals surface area contributed by atoms with Crippen molar-refractivity contribution < 1.29 is 9.59 Å². The fraction of sp³-hybridized carbons (Fsp3) is 0.267. The maximum atomic E-state index is 12.1. The average Bonchev–Trinajstić information content (AvgIpc) is 2.78. The van der Waals surface area contributed by atoms with E-state index in [0.29, 0.717) is 23.6 Å². The second-order valence-electron chi connectivity index (χ2n) is 4.88. The van der Waals surface area contributed by atoms with Gasteiger partial charge in [0.2, 0.25) is 0 Å². The molecule has 1 aromatic carbocycles. The van der Waals surface area contributed by atoms with Crippen molar-refractivity contribution >= 4 is 23.3 Å². The van der Waals surface area contributed by atoms with Gasteiger partial charge in [-0.2, -0.15) is 5.10 Å². The largest absolute Gasteiger partial charge is 0.364 e. The molecular formula is C15H19N5O2. The molecule has 7 heteroatoms. The Labute approximate surface area is 128 Å². The highest BCUT2D eigenvalue weighted by Crippen LogP contribution is 2.21. The first-order chi connectivity index (χ1) is 10.4. The van der Waals surface area contributed by atoms with Gasteiger partial charge >= 0.3 is 6.03 Å².